The molecule has 2 aromatic rings. The third kappa shape index (κ3) is 4.84. The van der Waals surface area contributed by atoms with Gasteiger partial charge in [0.05, 0.1) is 11.4 Å². The van der Waals surface area contributed by atoms with Crippen LogP contribution in [0.25, 0.3) is 0 Å². The maximum absolute atomic E-state index is 12.9. The molecule has 0 bridgehead atoms. The molecule has 7 nitrogen and oxygen atoms in total. The summed E-state index contributed by atoms with van der Waals surface area (Å²) in [5.41, 5.74) is 6.17. The van der Waals surface area contributed by atoms with E-state index >= 15 is 0 Å². The van der Waals surface area contributed by atoms with Crippen LogP contribution in [0.2, 0.25) is 0 Å². The summed E-state index contributed by atoms with van der Waals surface area (Å²) >= 11 is 3.18. The summed E-state index contributed by atoms with van der Waals surface area (Å²) < 4.78 is 1.81. The molecule has 0 spiro atoms. The van der Waals surface area contributed by atoms with Crippen molar-refractivity contribution in [2.45, 2.75) is 41.5 Å². The number of nitrogens with zero attached hydrogens (tertiary/aromatic N) is 4. The van der Waals surface area contributed by atoms with Crippen LogP contribution < -0.4 is 10.6 Å². The van der Waals surface area contributed by atoms with Crippen LogP contribution in [0.5, 0.6) is 0 Å². The van der Waals surface area contributed by atoms with Gasteiger partial charge in [0.25, 0.3) is 0 Å². The monoisotopic (exact) mass is 405 g/mol. The van der Waals surface area contributed by atoms with E-state index in [-0.39, 0.29) is 24.0 Å². The van der Waals surface area contributed by atoms with Gasteiger partial charge in [0.2, 0.25) is 11.8 Å². The van der Waals surface area contributed by atoms with Crippen LogP contribution in [-0.2, 0) is 23.1 Å². The summed E-state index contributed by atoms with van der Waals surface area (Å²) in [4.78, 5) is 26.9. The second-order valence-electron chi connectivity index (χ2n) is 6.44. The lowest BCUT2D eigenvalue weighted by Gasteiger charge is -2.22. The molecule has 9 heteroatoms. The minimum atomic E-state index is -0.366. The molecule has 144 valence electrons. The number of carbonyl (C=O) groups is 2. The number of rotatable bonds is 6. The molecular weight excluding hydrogens is 382 g/mol. The number of primary amides is 1. The van der Waals surface area contributed by atoms with Crippen LogP contribution >= 0.6 is 23.5 Å². The fourth-order valence-electron chi connectivity index (χ4n) is 2.87. The number of aromatic nitrogens is 3. The third-order valence-corrected chi connectivity index (χ3v) is 6.63. The van der Waals surface area contributed by atoms with Crippen molar-refractivity contribution < 1.29 is 9.59 Å². The maximum atomic E-state index is 12.9. The van der Waals surface area contributed by atoms with Gasteiger partial charge in [-0.15, -0.1) is 22.0 Å². The molecule has 1 aromatic carbocycles. The summed E-state index contributed by atoms with van der Waals surface area (Å²) in [6.45, 7) is 2.91. The highest BCUT2D eigenvalue weighted by Crippen LogP contribution is 2.37. The zero-order chi connectivity index (χ0) is 19.4. The number of carbonyl (C=O) groups excluding carboxylic acids is 2. The number of para-hydroxylation sites is 1. The van der Waals surface area contributed by atoms with Crippen LogP contribution in [0.4, 0.5) is 5.69 Å². The molecule has 0 saturated carbocycles. The van der Waals surface area contributed by atoms with Crippen molar-refractivity contribution in [2.24, 2.45) is 12.8 Å². The molecule has 1 aliphatic heterocycles. The van der Waals surface area contributed by atoms with Gasteiger partial charge in [0.15, 0.2) is 5.16 Å². The van der Waals surface area contributed by atoms with Gasteiger partial charge >= 0.3 is 0 Å². The lowest BCUT2D eigenvalue weighted by atomic mass is 10.2. The van der Waals surface area contributed by atoms with Crippen LogP contribution in [-0.4, -0.2) is 44.1 Å². The van der Waals surface area contributed by atoms with Crippen LogP contribution in [0.15, 0.2) is 34.3 Å². The van der Waals surface area contributed by atoms with Crippen molar-refractivity contribution in [3.8, 4) is 0 Å². The van der Waals surface area contributed by atoms with Crippen molar-refractivity contribution in [3.05, 3.63) is 30.1 Å². The average Bonchev–Trinajstić information content (AvgIpc) is 2.89. The van der Waals surface area contributed by atoms with Gasteiger partial charge in [-0.1, -0.05) is 30.8 Å². The van der Waals surface area contributed by atoms with E-state index in [1.54, 1.807) is 0 Å². The molecule has 0 fully saturated rings. The van der Waals surface area contributed by atoms with E-state index in [2.05, 4.69) is 23.2 Å². The summed E-state index contributed by atoms with van der Waals surface area (Å²) in [6.07, 6.45) is 1.63. The van der Waals surface area contributed by atoms with Gasteiger partial charge in [-0.05, 0) is 18.6 Å². The Kier molecular flexibility index (Phi) is 6.43. The highest BCUT2D eigenvalue weighted by atomic mass is 32.2. The second kappa shape index (κ2) is 8.79. The first-order valence-corrected chi connectivity index (χ1v) is 10.7. The Bertz CT molecular complexity index is 839. The second-order valence-corrected chi connectivity index (χ2v) is 8.87. The molecule has 2 amide bonds. The van der Waals surface area contributed by atoms with E-state index in [9.17, 15) is 9.59 Å². The SMILES string of the molecule is C[C@@H]1CCN(C(=O)CSc2nnc(CCC(N)=O)n2C)c2ccccc2S1. The number of fused-ring (bicyclic) bond motifs is 1. The van der Waals surface area contributed by atoms with Crippen molar-refractivity contribution in [1.29, 1.82) is 0 Å². The molecule has 1 aromatic heterocycles. The van der Waals surface area contributed by atoms with Crippen LogP contribution in [0.1, 0.15) is 25.6 Å². The first kappa shape index (κ1) is 19.8. The molecule has 0 unspecified atom stereocenters. The van der Waals surface area contributed by atoms with Gasteiger partial charge < -0.3 is 15.2 Å². The summed E-state index contributed by atoms with van der Waals surface area (Å²) in [5, 5.41) is 9.37. The number of hydrogen-bond donors (Lipinski definition) is 1. The number of anilines is 1. The average molecular weight is 406 g/mol. The number of benzene rings is 1. The molecule has 0 saturated heterocycles. The fraction of sp³-hybridized carbons (Fsp3) is 0.444. The number of nitrogens with two attached hydrogens (primary N) is 1. The minimum Gasteiger partial charge on any atom is -0.370 e. The van der Waals surface area contributed by atoms with Gasteiger partial charge in [0, 0.05) is 36.6 Å². The topological polar surface area (TPSA) is 94.1 Å². The van der Waals surface area contributed by atoms with Crippen LogP contribution in [0.3, 0.4) is 0 Å². The van der Waals surface area contributed by atoms with Crippen LogP contribution in [0, 0.1) is 0 Å². The Morgan fingerprint density at radius 1 is 1.33 bits per heavy atom. The molecule has 0 aliphatic carbocycles. The van der Waals surface area contributed by atoms with Gasteiger partial charge in [-0.3, -0.25) is 9.59 Å². The first-order chi connectivity index (χ1) is 13.0. The summed E-state index contributed by atoms with van der Waals surface area (Å²) in [5.74, 6) is 0.669. The minimum absolute atomic E-state index is 0.0591. The lowest BCUT2D eigenvalue weighted by molar-refractivity contribution is -0.118. The van der Waals surface area contributed by atoms with Crippen molar-refractivity contribution >= 4 is 41.0 Å². The number of thioether (sulfide) groups is 2. The van der Waals surface area contributed by atoms with Gasteiger partial charge in [-0.25, -0.2) is 0 Å². The Labute approximate surface area is 167 Å². The number of hydrogen-bond acceptors (Lipinski definition) is 6. The quantitative estimate of drug-likeness (QED) is 0.741. The predicted molar refractivity (Wildman–Crippen MR) is 108 cm³/mol. The smallest absolute Gasteiger partial charge is 0.237 e. The molecule has 2 heterocycles. The molecule has 1 atom stereocenters. The molecule has 0 radical (unpaired) electrons. The van der Waals surface area contributed by atoms with E-state index < -0.39 is 0 Å². The standard InChI is InChI=1S/C18H23N5O2S2/c1-12-9-10-23(13-5-3-4-6-14(13)27-12)17(25)11-26-18-21-20-16(22(18)2)8-7-15(19)24/h3-6,12H,7-11H2,1-2H3,(H2,19,24)/t12-/m1/s1. The lowest BCUT2D eigenvalue weighted by Crippen LogP contribution is -2.33. The van der Waals surface area contributed by atoms with Gasteiger partial charge in [-0.2, -0.15) is 0 Å². The van der Waals surface area contributed by atoms with E-state index in [4.69, 9.17) is 5.73 Å². The maximum Gasteiger partial charge on any atom is 0.237 e. The summed E-state index contributed by atoms with van der Waals surface area (Å²) in [7, 11) is 1.84. The molecule has 1 aliphatic rings. The molecular formula is C18H23N5O2S2. The number of amides is 2. The molecule has 2 N–H and O–H groups in total. The van der Waals surface area contributed by atoms with E-state index in [1.807, 2.05) is 46.5 Å². The Balaban J connectivity index is 1.67. The van der Waals surface area contributed by atoms with Crippen molar-refractivity contribution in [2.75, 3.05) is 17.2 Å². The Morgan fingerprint density at radius 2 is 2.11 bits per heavy atom. The largest absolute Gasteiger partial charge is 0.370 e. The zero-order valence-corrected chi connectivity index (χ0v) is 17.1. The molecule has 27 heavy (non-hydrogen) atoms. The van der Waals surface area contributed by atoms with E-state index in [1.165, 1.54) is 11.8 Å². The van der Waals surface area contributed by atoms with E-state index in [0.29, 0.717) is 29.2 Å². The Hall–Kier alpha value is -2.00. The third-order valence-electron chi connectivity index (χ3n) is 4.39. The van der Waals surface area contributed by atoms with Crippen molar-refractivity contribution in [1.82, 2.24) is 14.8 Å². The predicted octanol–water partition coefficient (Wildman–Crippen LogP) is 2.24. The normalized spacial score (nSPS) is 16.7. The molecule has 3 rings (SSSR count). The summed E-state index contributed by atoms with van der Waals surface area (Å²) in [6, 6.07) is 8.06. The zero-order valence-electron chi connectivity index (χ0n) is 15.4. The fourth-order valence-corrected chi connectivity index (χ4v) is 4.79. The highest BCUT2D eigenvalue weighted by Gasteiger charge is 2.24. The van der Waals surface area contributed by atoms with Crippen molar-refractivity contribution in [3.63, 3.8) is 0 Å². The van der Waals surface area contributed by atoms with Gasteiger partial charge in [0.1, 0.15) is 5.82 Å². The Morgan fingerprint density at radius 3 is 2.89 bits per heavy atom. The first-order valence-electron chi connectivity index (χ1n) is 8.81. The van der Waals surface area contributed by atoms with E-state index in [0.717, 1.165) is 17.0 Å². The number of aryl methyl sites for hydroxylation is 1. The highest BCUT2D eigenvalue weighted by molar-refractivity contribution is 8.00.